The summed E-state index contributed by atoms with van der Waals surface area (Å²) in [6, 6.07) is 8.15. The molecule has 0 spiro atoms. The summed E-state index contributed by atoms with van der Waals surface area (Å²) in [5.74, 6) is -0.957. The van der Waals surface area contributed by atoms with E-state index < -0.39 is 5.92 Å². The minimum absolute atomic E-state index is 0.00675. The lowest BCUT2D eigenvalue weighted by molar-refractivity contribution is -0.0575. The Morgan fingerprint density at radius 2 is 1.95 bits per heavy atom. The molecule has 1 saturated heterocycles. The summed E-state index contributed by atoms with van der Waals surface area (Å²) in [5, 5.41) is 0. The zero-order valence-corrected chi connectivity index (χ0v) is 11.7. The van der Waals surface area contributed by atoms with E-state index in [1.165, 1.54) is 5.56 Å². The third-order valence-corrected chi connectivity index (χ3v) is 4.37. The van der Waals surface area contributed by atoms with Crippen LogP contribution in [0.3, 0.4) is 0 Å². The first-order chi connectivity index (χ1) is 9.62. The van der Waals surface area contributed by atoms with Gasteiger partial charge in [-0.2, -0.15) is 0 Å². The average Bonchev–Trinajstić information content (AvgIpc) is 2.63. The Bertz CT molecular complexity index is 454. The molecule has 0 N–H and O–H groups in total. The molecular weight excluding hydrogens is 260 g/mol. The number of fused-ring (bicyclic) bond motifs is 1. The lowest BCUT2D eigenvalue weighted by Gasteiger charge is -2.33. The number of benzene rings is 1. The summed E-state index contributed by atoms with van der Waals surface area (Å²) >= 11 is 0. The largest absolute Gasteiger partial charge is 0.493 e. The maximum atomic E-state index is 13.2. The van der Waals surface area contributed by atoms with E-state index in [4.69, 9.17) is 4.74 Å². The highest BCUT2D eigenvalue weighted by Gasteiger charge is 2.34. The van der Waals surface area contributed by atoms with Crippen molar-refractivity contribution in [2.75, 3.05) is 26.2 Å². The minimum Gasteiger partial charge on any atom is -0.493 e. The predicted molar refractivity (Wildman–Crippen MR) is 74.4 cm³/mol. The number of likely N-dealkylation sites (tertiary alicyclic amines) is 1. The maximum Gasteiger partial charge on any atom is 0.250 e. The first kappa shape index (κ1) is 13.8. The molecule has 4 heteroatoms. The topological polar surface area (TPSA) is 12.5 Å². The van der Waals surface area contributed by atoms with Crippen LogP contribution in [0.1, 0.15) is 24.8 Å². The minimum atomic E-state index is -2.45. The van der Waals surface area contributed by atoms with Crippen LogP contribution in [0, 0.1) is 5.92 Å². The molecule has 110 valence electrons. The Hall–Kier alpha value is -1.16. The molecule has 2 nitrogen and oxygen atoms in total. The van der Waals surface area contributed by atoms with Gasteiger partial charge < -0.3 is 9.64 Å². The molecular formula is C16H21F2NO. The second-order valence-corrected chi connectivity index (χ2v) is 5.97. The number of hydrogen-bond donors (Lipinski definition) is 0. The first-order valence-electron chi connectivity index (χ1n) is 7.43. The van der Waals surface area contributed by atoms with Crippen molar-refractivity contribution in [3.05, 3.63) is 29.8 Å². The Labute approximate surface area is 118 Å². The lowest BCUT2D eigenvalue weighted by atomic mass is 9.95. The van der Waals surface area contributed by atoms with Gasteiger partial charge in [0, 0.05) is 32.5 Å². The third kappa shape index (κ3) is 3.29. The summed E-state index contributed by atoms with van der Waals surface area (Å²) in [6.45, 7) is 2.68. The van der Waals surface area contributed by atoms with Crippen LogP contribution in [0.2, 0.25) is 0 Å². The predicted octanol–water partition coefficient (Wildman–Crippen LogP) is 3.36. The summed E-state index contributed by atoms with van der Waals surface area (Å²) in [7, 11) is 0. The second-order valence-electron chi connectivity index (χ2n) is 5.97. The summed E-state index contributed by atoms with van der Waals surface area (Å²) in [6.07, 6.45) is 2.00. The van der Waals surface area contributed by atoms with Gasteiger partial charge >= 0.3 is 0 Å². The fourth-order valence-electron chi connectivity index (χ4n) is 3.15. The number of hydrogen-bond acceptors (Lipinski definition) is 2. The molecule has 1 atom stereocenters. The quantitative estimate of drug-likeness (QED) is 0.824. The zero-order valence-electron chi connectivity index (χ0n) is 11.7. The fourth-order valence-corrected chi connectivity index (χ4v) is 3.15. The van der Waals surface area contributed by atoms with E-state index in [-0.39, 0.29) is 12.8 Å². The summed E-state index contributed by atoms with van der Waals surface area (Å²) < 4.78 is 32.1. The SMILES string of the molecule is FC1(F)CCN(CC2CCOc3ccccc3C2)CC1. The van der Waals surface area contributed by atoms with E-state index in [0.717, 1.165) is 31.7 Å². The lowest BCUT2D eigenvalue weighted by Crippen LogP contribution is -2.41. The van der Waals surface area contributed by atoms with E-state index in [1.54, 1.807) is 0 Å². The molecule has 0 bridgehead atoms. The third-order valence-electron chi connectivity index (χ3n) is 4.37. The highest BCUT2D eigenvalue weighted by atomic mass is 19.3. The highest BCUT2D eigenvalue weighted by molar-refractivity contribution is 5.34. The molecule has 2 aliphatic heterocycles. The van der Waals surface area contributed by atoms with Gasteiger partial charge in [0.1, 0.15) is 5.75 Å². The molecule has 1 aromatic rings. The van der Waals surface area contributed by atoms with Crippen LogP contribution in [-0.4, -0.2) is 37.1 Å². The first-order valence-corrected chi connectivity index (χ1v) is 7.43. The van der Waals surface area contributed by atoms with Gasteiger partial charge in [-0.15, -0.1) is 0 Å². The Balaban J connectivity index is 1.59. The number of rotatable bonds is 2. The molecule has 0 radical (unpaired) electrons. The molecule has 1 unspecified atom stereocenters. The number of para-hydroxylation sites is 1. The van der Waals surface area contributed by atoms with Gasteiger partial charge in [0.25, 0.3) is 5.92 Å². The van der Waals surface area contributed by atoms with Crippen molar-refractivity contribution in [1.29, 1.82) is 0 Å². The van der Waals surface area contributed by atoms with Crippen LogP contribution in [-0.2, 0) is 6.42 Å². The summed E-state index contributed by atoms with van der Waals surface area (Å²) in [5.41, 5.74) is 1.25. The van der Waals surface area contributed by atoms with Crippen LogP contribution >= 0.6 is 0 Å². The van der Waals surface area contributed by atoms with Crippen LogP contribution in [0.5, 0.6) is 5.75 Å². The van der Waals surface area contributed by atoms with Gasteiger partial charge in [0.2, 0.25) is 0 Å². The van der Waals surface area contributed by atoms with Crippen molar-refractivity contribution in [2.45, 2.75) is 31.6 Å². The van der Waals surface area contributed by atoms with Crippen LogP contribution in [0.4, 0.5) is 8.78 Å². The van der Waals surface area contributed by atoms with Crippen molar-refractivity contribution in [1.82, 2.24) is 4.90 Å². The standard InChI is InChI=1S/C16H21F2NO/c17-16(18)6-8-19(9-7-16)12-13-5-10-20-15-4-2-1-3-14(15)11-13/h1-4,13H,5-12H2. The highest BCUT2D eigenvalue weighted by Crippen LogP contribution is 2.30. The Morgan fingerprint density at radius 1 is 1.20 bits per heavy atom. The number of piperidine rings is 1. The van der Waals surface area contributed by atoms with Gasteiger partial charge in [-0.1, -0.05) is 18.2 Å². The van der Waals surface area contributed by atoms with E-state index in [9.17, 15) is 8.78 Å². The second kappa shape index (κ2) is 5.68. The Morgan fingerprint density at radius 3 is 2.75 bits per heavy atom. The van der Waals surface area contributed by atoms with Crippen LogP contribution in [0.25, 0.3) is 0 Å². The fraction of sp³-hybridized carbons (Fsp3) is 0.625. The molecule has 3 rings (SSSR count). The van der Waals surface area contributed by atoms with E-state index in [1.807, 2.05) is 18.2 Å². The molecule has 0 aromatic heterocycles. The van der Waals surface area contributed by atoms with Crippen LogP contribution < -0.4 is 4.74 Å². The molecule has 2 aliphatic rings. The normalized spacial score (nSPS) is 26.4. The van der Waals surface area contributed by atoms with E-state index in [0.29, 0.717) is 19.0 Å². The molecule has 0 saturated carbocycles. The van der Waals surface area contributed by atoms with Crippen molar-refractivity contribution in [3.63, 3.8) is 0 Å². The number of halogens is 2. The average molecular weight is 281 g/mol. The smallest absolute Gasteiger partial charge is 0.250 e. The molecule has 2 heterocycles. The molecule has 20 heavy (non-hydrogen) atoms. The van der Waals surface area contributed by atoms with Gasteiger partial charge in [0.05, 0.1) is 6.61 Å². The van der Waals surface area contributed by atoms with Crippen LogP contribution in [0.15, 0.2) is 24.3 Å². The van der Waals surface area contributed by atoms with E-state index in [2.05, 4.69) is 11.0 Å². The molecule has 1 aromatic carbocycles. The van der Waals surface area contributed by atoms with E-state index >= 15 is 0 Å². The Kier molecular flexibility index (Phi) is 3.92. The molecule has 1 fully saturated rings. The maximum absolute atomic E-state index is 13.2. The van der Waals surface area contributed by atoms with Crippen molar-refractivity contribution in [3.8, 4) is 5.75 Å². The molecule has 0 aliphatic carbocycles. The number of ether oxygens (including phenoxy) is 1. The van der Waals surface area contributed by atoms with Gasteiger partial charge in [0.15, 0.2) is 0 Å². The van der Waals surface area contributed by atoms with Gasteiger partial charge in [-0.25, -0.2) is 8.78 Å². The monoisotopic (exact) mass is 281 g/mol. The van der Waals surface area contributed by atoms with Crippen molar-refractivity contribution in [2.24, 2.45) is 5.92 Å². The zero-order chi connectivity index (χ0) is 14.0. The number of nitrogens with zero attached hydrogens (tertiary/aromatic N) is 1. The van der Waals surface area contributed by atoms with Crippen molar-refractivity contribution >= 4 is 0 Å². The summed E-state index contributed by atoms with van der Waals surface area (Å²) in [4.78, 5) is 2.19. The molecule has 0 amide bonds. The number of alkyl halides is 2. The van der Waals surface area contributed by atoms with Crippen molar-refractivity contribution < 1.29 is 13.5 Å². The van der Waals surface area contributed by atoms with Gasteiger partial charge in [-0.3, -0.25) is 0 Å². The van der Waals surface area contributed by atoms with Gasteiger partial charge in [-0.05, 0) is 30.4 Å².